The van der Waals surface area contributed by atoms with Crippen molar-refractivity contribution in [2.24, 2.45) is 11.7 Å². The number of hydrogen-bond donors (Lipinski definition) is 2. The molecule has 0 saturated carbocycles. The zero-order valence-electron chi connectivity index (χ0n) is 13.5. The summed E-state index contributed by atoms with van der Waals surface area (Å²) < 4.78 is 18.5. The number of carbonyl (C=O) groups excluding carboxylic acids is 1. The SMILES string of the molecule is CC(C)CC(C)(CN)NC(=O)C(C)Oc1ccc(F)cc1Cl. The van der Waals surface area contributed by atoms with Gasteiger partial charge in [0.15, 0.2) is 6.10 Å². The van der Waals surface area contributed by atoms with Crippen LogP contribution in [0.25, 0.3) is 0 Å². The standard InChI is InChI=1S/C16H24ClFN2O2/c1-10(2)8-16(4,9-19)20-15(21)11(3)22-14-6-5-12(18)7-13(14)17/h5-7,10-11H,8-9,19H2,1-4H3,(H,20,21). The molecule has 0 heterocycles. The van der Waals surface area contributed by atoms with E-state index in [1.165, 1.54) is 12.1 Å². The number of halogens is 2. The number of ether oxygens (including phenoxy) is 1. The van der Waals surface area contributed by atoms with E-state index in [1.807, 2.05) is 6.92 Å². The van der Waals surface area contributed by atoms with E-state index in [0.717, 1.165) is 12.5 Å². The third kappa shape index (κ3) is 5.46. The summed E-state index contributed by atoms with van der Waals surface area (Å²) in [7, 11) is 0. The van der Waals surface area contributed by atoms with E-state index >= 15 is 0 Å². The van der Waals surface area contributed by atoms with Gasteiger partial charge in [-0.15, -0.1) is 0 Å². The van der Waals surface area contributed by atoms with Crippen LogP contribution in [0.4, 0.5) is 4.39 Å². The van der Waals surface area contributed by atoms with Gasteiger partial charge in [0.1, 0.15) is 11.6 Å². The van der Waals surface area contributed by atoms with Crippen LogP contribution in [0, 0.1) is 11.7 Å². The lowest BCUT2D eigenvalue weighted by atomic mass is 9.90. The van der Waals surface area contributed by atoms with Crippen LogP contribution in [0.1, 0.15) is 34.1 Å². The Morgan fingerprint density at radius 2 is 2.09 bits per heavy atom. The Morgan fingerprint density at radius 3 is 2.59 bits per heavy atom. The topological polar surface area (TPSA) is 64.3 Å². The normalized spacial score (nSPS) is 15.3. The predicted molar refractivity (Wildman–Crippen MR) is 86.6 cm³/mol. The zero-order chi connectivity index (χ0) is 16.9. The van der Waals surface area contributed by atoms with Crippen LogP contribution in [0.3, 0.4) is 0 Å². The van der Waals surface area contributed by atoms with Gasteiger partial charge in [-0.3, -0.25) is 4.79 Å². The molecule has 0 aliphatic heterocycles. The molecule has 1 rings (SSSR count). The van der Waals surface area contributed by atoms with Gasteiger partial charge in [-0.2, -0.15) is 0 Å². The first-order valence-corrected chi connectivity index (χ1v) is 7.68. The van der Waals surface area contributed by atoms with E-state index < -0.39 is 17.5 Å². The maximum atomic E-state index is 13.0. The molecule has 6 heteroatoms. The summed E-state index contributed by atoms with van der Waals surface area (Å²) in [4.78, 5) is 12.3. The maximum Gasteiger partial charge on any atom is 0.261 e. The van der Waals surface area contributed by atoms with E-state index in [2.05, 4.69) is 19.2 Å². The van der Waals surface area contributed by atoms with Crippen molar-refractivity contribution in [1.29, 1.82) is 0 Å². The van der Waals surface area contributed by atoms with Gasteiger partial charge in [0, 0.05) is 12.1 Å². The Labute approximate surface area is 136 Å². The molecule has 0 bridgehead atoms. The van der Waals surface area contributed by atoms with E-state index in [4.69, 9.17) is 22.1 Å². The number of hydrogen-bond acceptors (Lipinski definition) is 3. The molecule has 0 radical (unpaired) electrons. The molecule has 0 saturated heterocycles. The minimum absolute atomic E-state index is 0.128. The smallest absolute Gasteiger partial charge is 0.261 e. The summed E-state index contributed by atoms with van der Waals surface area (Å²) in [5.74, 6) is -0.0725. The van der Waals surface area contributed by atoms with Crippen molar-refractivity contribution in [3.8, 4) is 5.75 Å². The third-order valence-electron chi connectivity index (χ3n) is 3.30. The fourth-order valence-electron chi connectivity index (χ4n) is 2.30. The first kappa shape index (κ1) is 18.7. The minimum atomic E-state index is -0.763. The molecule has 1 amide bonds. The molecular weight excluding hydrogens is 307 g/mol. The minimum Gasteiger partial charge on any atom is -0.479 e. The average molecular weight is 331 g/mol. The molecule has 0 aromatic heterocycles. The van der Waals surface area contributed by atoms with Crippen LogP contribution in [-0.4, -0.2) is 24.1 Å². The highest BCUT2D eigenvalue weighted by atomic mass is 35.5. The molecule has 2 atom stereocenters. The number of nitrogens with one attached hydrogen (secondary N) is 1. The number of carbonyl (C=O) groups is 1. The van der Waals surface area contributed by atoms with Gasteiger partial charge in [-0.05, 0) is 44.4 Å². The van der Waals surface area contributed by atoms with E-state index in [9.17, 15) is 9.18 Å². The third-order valence-corrected chi connectivity index (χ3v) is 3.60. The summed E-state index contributed by atoms with van der Waals surface area (Å²) in [5.41, 5.74) is 5.29. The number of nitrogens with two attached hydrogens (primary N) is 1. The lowest BCUT2D eigenvalue weighted by Crippen LogP contribution is -2.55. The molecule has 124 valence electrons. The van der Waals surface area contributed by atoms with Gasteiger partial charge in [0.2, 0.25) is 0 Å². The Kier molecular flexibility index (Phi) is 6.63. The van der Waals surface area contributed by atoms with Gasteiger partial charge < -0.3 is 15.8 Å². The fraction of sp³-hybridized carbons (Fsp3) is 0.562. The summed E-state index contributed by atoms with van der Waals surface area (Å²) in [6, 6.07) is 3.77. The highest BCUT2D eigenvalue weighted by molar-refractivity contribution is 6.32. The molecule has 22 heavy (non-hydrogen) atoms. The van der Waals surface area contributed by atoms with Gasteiger partial charge in [0.05, 0.1) is 5.02 Å². The maximum absolute atomic E-state index is 13.0. The second-order valence-electron chi connectivity index (χ2n) is 6.19. The predicted octanol–water partition coefficient (Wildman–Crippen LogP) is 3.13. The largest absolute Gasteiger partial charge is 0.479 e. The Morgan fingerprint density at radius 1 is 1.45 bits per heavy atom. The zero-order valence-corrected chi connectivity index (χ0v) is 14.2. The van der Waals surface area contributed by atoms with E-state index in [1.54, 1.807) is 6.92 Å². The highest BCUT2D eigenvalue weighted by Gasteiger charge is 2.28. The van der Waals surface area contributed by atoms with E-state index in [0.29, 0.717) is 12.5 Å². The molecule has 3 N–H and O–H groups in total. The Hall–Kier alpha value is -1.33. The van der Waals surface area contributed by atoms with Crippen molar-refractivity contribution >= 4 is 17.5 Å². The van der Waals surface area contributed by atoms with Crippen LogP contribution in [0.2, 0.25) is 5.02 Å². The molecule has 0 fully saturated rings. The first-order chi connectivity index (χ1) is 10.2. The van der Waals surface area contributed by atoms with Crippen LogP contribution in [-0.2, 0) is 4.79 Å². The van der Waals surface area contributed by atoms with Crippen molar-refractivity contribution in [2.45, 2.75) is 45.8 Å². The monoisotopic (exact) mass is 330 g/mol. The van der Waals surface area contributed by atoms with Gasteiger partial charge in [-0.25, -0.2) is 4.39 Å². The molecule has 4 nitrogen and oxygen atoms in total. The van der Waals surface area contributed by atoms with Gasteiger partial charge in [0.25, 0.3) is 5.91 Å². The van der Waals surface area contributed by atoms with Crippen LogP contribution in [0.5, 0.6) is 5.75 Å². The lowest BCUT2D eigenvalue weighted by Gasteiger charge is -2.32. The molecule has 0 aliphatic carbocycles. The summed E-state index contributed by atoms with van der Waals surface area (Å²) in [5, 5.41) is 3.05. The molecular formula is C16H24ClFN2O2. The van der Waals surface area contributed by atoms with Crippen LogP contribution in [0.15, 0.2) is 18.2 Å². The van der Waals surface area contributed by atoms with E-state index in [-0.39, 0.29) is 16.7 Å². The summed E-state index contributed by atoms with van der Waals surface area (Å²) in [6.45, 7) is 7.99. The molecule has 1 aromatic carbocycles. The molecule has 0 aliphatic rings. The van der Waals surface area contributed by atoms with Gasteiger partial charge in [-0.1, -0.05) is 25.4 Å². The summed E-state index contributed by atoms with van der Waals surface area (Å²) in [6.07, 6.45) is 0.000195. The molecule has 0 spiro atoms. The lowest BCUT2D eigenvalue weighted by molar-refractivity contribution is -0.129. The van der Waals surface area contributed by atoms with Crippen molar-refractivity contribution in [1.82, 2.24) is 5.32 Å². The van der Waals surface area contributed by atoms with Crippen molar-refractivity contribution in [2.75, 3.05) is 6.54 Å². The number of rotatable bonds is 7. The van der Waals surface area contributed by atoms with Crippen molar-refractivity contribution < 1.29 is 13.9 Å². The first-order valence-electron chi connectivity index (χ1n) is 7.30. The number of amides is 1. The Bertz CT molecular complexity index is 525. The highest BCUT2D eigenvalue weighted by Crippen LogP contribution is 2.26. The second kappa shape index (κ2) is 7.79. The van der Waals surface area contributed by atoms with Crippen molar-refractivity contribution in [3.05, 3.63) is 29.0 Å². The van der Waals surface area contributed by atoms with Crippen molar-refractivity contribution in [3.63, 3.8) is 0 Å². The number of benzene rings is 1. The van der Waals surface area contributed by atoms with Crippen LogP contribution >= 0.6 is 11.6 Å². The van der Waals surface area contributed by atoms with Crippen LogP contribution < -0.4 is 15.8 Å². The average Bonchev–Trinajstić information content (AvgIpc) is 2.40. The van der Waals surface area contributed by atoms with Gasteiger partial charge >= 0.3 is 0 Å². The molecule has 1 aromatic rings. The quantitative estimate of drug-likeness (QED) is 0.807. The summed E-state index contributed by atoms with van der Waals surface area (Å²) >= 11 is 5.89. The fourth-order valence-corrected chi connectivity index (χ4v) is 2.51. The second-order valence-corrected chi connectivity index (χ2v) is 6.59. The Balaban J connectivity index is 2.72. The molecule has 2 unspecified atom stereocenters.